The molecular formula is C28H23FN8. The zero-order valence-electron chi connectivity index (χ0n) is 20.0. The normalized spacial score (nSPS) is 14.0. The van der Waals surface area contributed by atoms with Gasteiger partial charge in [-0.3, -0.25) is 15.1 Å². The third kappa shape index (κ3) is 3.54. The number of rotatable bonds is 4. The predicted octanol–water partition coefficient (Wildman–Crippen LogP) is 4.83. The lowest BCUT2D eigenvalue weighted by Crippen LogP contribution is -2.56. The second-order valence-corrected chi connectivity index (χ2v) is 9.52. The van der Waals surface area contributed by atoms with E-state index in [2.05, 4.69) is 49.1 Å². The smallest absolute Gasteiger partial charge is 0.147 e. The maximum Gasteiger partial charge on any atom is 0.147 e. The van der Waals surface area contributed by atoms with Gasteiger partial charge in [0.05, 0.1) is 41.0 Å². The summed E-state index contributed by atoms with van der Waals surface area (Å²) in [4.78, 5) is 19.2. The number of benzene rings is 2. The van der Waals surface area contributed by atoms with Crippen molar-refractivity contribution in [1.29, 1.82) is 0 Å². The van der Waals surface area contributed by atoms with Crippen LogP contribution >= 0.6 is 0 Å². The first-order valence-electron chi connectivity index (χ1n) is 12.1. The quantitative estimate of drug-likeness (QED) is 0.326. The molecule has 9 heteroatoms. The van der Waals surface area contributed by atoms with Gasteiger partial charge in [-0.2, -0.15) is 5.10 Å². The van der Waals surface area contributed by atoms with Crippen LogP contribution in [0.4, 0.5) is 10.2 Å². The number of aromatic nitrogens is 6. The molecule has 0 amide bonds. The minimum atomic E-state index is -0.284. The van der Waals surface area contributed by atoms with Crippen molar-refractivity contribution >= 4 is 27.6 Å². The predicted molar refractivity (Wildman–Crippen MR) is 143 cm³/mol. The van der Waals surface area contributed by atoms with Gasteiger partial charge in [0.2, 0.25) is 0 Å². The highest BCUT2D eigenvalue weighted by molar-refractivity contribution is 6.01. The van der Waals surface area contributed by atoms with E-state index in [1.807, 2.05) is 12.1 Å². The van der Waals surface area contributed by atoms with Crippen LogP contribution in [0.3, 0.4) is 0 Å². The Morgan fingerprint density at radius 2 is 1.76 bits per heavy atom. The first kappa shape index (κ1) is 21.6. The highest BCUT2D eigenvalue weighted by atomic mass is 19.1. The molecule has 0 bridgehead atoms. The van der Waals surface area contributed by atoms with Gasteiger partial charge in [-0.05, 0) is 36.8 Å². The number of aryl methyl sites for hydroxylation is 1. The summed E-state index contributed by atoms with van der Waals surface area (Å²) in [6.07, 6.45) is 7.00. The van der Waals surface area contributed by atoms with Crippen LogP contribution < -0.4 is 10.6 Å². The summed E-state index contributed by atoms with van der Waals surface area (Å²) in [6.45, 7) is 3.62. The Morgan fingerprint density at radius 1 is 0.919 bits per heavy atom. The van der Waals surface area contributed by atoms with Crippen LogP contribution in [0.5, 0.6) is 0 Å². The number of pyridine rings is 1. The fraction of sp³-hybridized carbons (Fsp3) is 0.143. The Hall–Kier alpha value is -4.63. The van der Waals surface area contributed by atoms with E-state index in [1.54, 1.807) is 36.9 Å². The fourth-order valence-corrected chi connectivity index (χ4v) is 5.06. The number of nitrogens with one attached hydrogen (secondary N) is 2. The minimum Gasteiger partial charge on any atom is -0.352 e. The molecule has 1 aliphatic heterocycles. The molecule has 0 saturated carbocycles. The van der Waals surface area contributed by atoms with Gasteiger partial charge in [-0.1, -0.05) is 18.2 Å². The van der Waals surface area contributed by atoms with Crippen molar-refractivity contribution in [3.05, 3.63) is 78.6 Å². The SMILES string of the molecule is Cc1cc2[nH]nc(-c3cc4c(-c5ccccc5F)cncc4[nH]3)c2cc1-c1cncc(N2CC(N)C2)n1. The van der Waals surface area contributed by atoms with Crippen LogP contribution in [0.1, 0.15) is 5.56 Å². The minimum absolute atomic E-state index is 0.183. The third-order valence-electron chi connectivity index (χ3n) is 7.00. The maximum absolute atomic E-state index is 14.6. The first-order valence-corrected chi connectivity index (χ1v) is 12.1. The van der Waals surface area contributed by atoms with Crippen LogP contribution in [-0.2, 0) is 0 Å². The van der Waals surface area contributed by atoms with E-state index in [0.29, 0.717) is 5.56 Å². The Kier molecular flexibility index (Phi) is 4.80. The fourth-order valence-electron chi connectivity index (χ4n) is 5.06. The van der Waals surface area contributed by atoms with Gasteiger partial charge in [0.1, 0.15) is 17.3 Å². The van der Waals surface area contributed by atoms with Gasteiger partial charge in [0.15, 0.2) is 0 Å². The molecule has 5 heterocycles. The van der Waals surface area contributed by atoms with Crippen molar-refractivity contribution in [2.75, 3.05) is 18.0 Å². The van der Waals surface area contributed by atoms with Crippen molar-refractivity contribution in [2.45, 2.75) is 13.0 Å². The average Bonchev–Trinajstić information content (AvgIpc) is 3.50. The van der Waals surface area contributed by atoms with Gasteiger partial charge < -0.3 is 15.6 Å². The lowest BCUT2D eigenvalue weighted by Gasteiger charge is -2.37. The summed E-state index contributed by atoms with van der Waals surface area (Å²) in [5.41, 5.74) is 13.4. The maximum atomic E-state index is 14.6. The van der Waals surface area contributed by atoms with Crippen LogP contribution in [0.2, 0.25) is 0 Å². The summed E-state index contributed by atoms with van der Waals surface area (Å²) in [6, 6.07) is 13.1. The van der Waals surface area contributed by atoms with E-state index in [4.69, 9.17) is 10.7 Å². The highest BCUT2D eigenvalue weighted by Crippen LogP contribution is 2.36. The van der Waals surface area contributed by atoms with E-state index in [9.17, 15) is 4.39 Å². The first-order chi connectivity index (χ1) is 18.0. The molecule has 0 spiro atoms. The Bertz CT molecular complexity index is 1800. The largest absolute Gasteiger partial charge is 0.352 e. The summed E-state index contributed by atoms with van der Waals surface area (Å²) >= 11 is 0. The van der Waals surface area contributed by atoms with Gasteiger partial charge in [0, 0.05) is 52.8 Å². The molecule has 6 aromatic rings. The number of hydrogen-bond donors (Lipinski definition) is 3. The number of hydrogen-bond acceptors (Lipinski definition) is 6. The van der Waals surface area contributed by atoms with Gasteiger partial charge in [-0.15, -0.1) is 0 Å². The Balaban J connectivity index is 1.34. The molecule has 1 aliphatic rings. The number of nitrogens with two attached hydrogens (primary N) is 1. The molecule has 0 radical (unpaired) electrons. The van der Waals surface area contributed by atoms with Crippen molar-refractivity contribution in [3.8, 4) is 33.8 Å². The molecule has 0 unspecified atom stereocenters. The van der Waals surface area contributed by atoms with E-state index < -0.39 is 0 Å². The number of fused-ring (bicyclic) bond motifs is 2. The molecule has 8 nitrogen and oxygen atoms in total. The molecule has 4 N–H and O–H groups in total. The van der Waals surface area contributed by atoms with Crippen LogP contribution in [0.25, 0.3) is 55.6 Å². The molecule has 0 aliphatic carbocycles. The third-order valence-corrected chi connectivity index (χ3v) is 7.00. The van der Waals surface area contributed by atoms with Gasteiger partial charge in [0.25, 0.3) is 0 Å². The molecule has 1 fully saturated rings. The van der Waals surface area contributed by atoms with E-state index in [-0.39, 0.29) is 11.9 Å². The van der Waals surface area contributed by atoms with E-state index in [0.717, 1.165) is 74.5 Å². The summed E-state index contributed by atoms with van der Waals surface area (Å²) in [7, 11) is 0. The number of anilines is 1. The second-order valence-electron chi connectivity index (χ2n) is 9.52. The van der Waals surface area contributed by atoms with Gasteiger partial charge in [-0.25, -0.2) is 9.37 Å². The van der Waals surface area contributed by atoms with Crippen LogP contribution in [-0.4, -0.2) is 49.3 Å². The number of aromatic amines is 2. The van der Waals surface area contributed by atoms with Crippen molar-refractivity contribution < 1.29 is 4.39 Å². The van der Waals surface area contributed by atoms with E-state index in [1.165, 1.54) is 6.07 Å². The Morgan fingerprint density at radius 3 is 2.59 bits per heavy atom. The van der Waals surface area contributed by atoms with Crippen LogP contribution in [0, 0.1) is 12.7 Å². The monoisotopic (exact) mass is 490 g/mol. The molecule has 37 heavy (non-hydrogen) atoms. The lowest BCUT2D eigenvalue weighted by molar-refractivity contribution is 0.514. The summed E-state index contributed by atoms with van der Waals surface area (Å²) in [5.74, 6) is 0.545. The molecule has 4 aromatic heterocycles. The topological polar surface area (TPSA) is 112 Å². The molecule has 1 saturated heterocycles. The molecule has 2 aromatic carbocycles. The standard InChI is InChI=1S/C28H23FN8/c1-15-6-23-20(7-18(15)25-10-32-12-27(34-25)37-13-16(30)14-37)28(36-35-23)24-8-19-21(9-31-11-26(19)33-24)17-4-2-3-5-22(17)29/h2-12,16,33H,13-14,30H2,1H3,(H,35,36). The van der Waals surface area contributed by atoms with Crippen molar-refractivity contribution in [3.63, 3.8) is 0 Å². The van der Waals surface area contributed by atoms with Crippen molar-refractivity contribution in [2.24, 2.45) is 5.73 Å². The summed E-state index contributed by atoms with van der Waals surface area (Å²) in [5, 5.41) is 9.61. The van der Waals surface area contributed by atoms with Crippen molar-refractivity contribution in [1.82, 2.24) is 30.1 Å². The summed E-state index contributed by atoms with van der Waals surface area (Å²) < 4.78 is 14.6. The van der Waals surface area contributed by atoms with Gasteiger partial charge >= 0.3 is 0 Å². The van der Waals surface area contributed by atoms with Crippen LogP contribution in [0.15, 0.2) is 67.3 Å². The number of halogens is 1. The lowest BCUT2D eigenvalue weighted by atomic mass is 10.0. The second kappa shape index (κ2) is 8.21. The Labute approximate surface area is 211 Å². The molecular weight excluding hydrogens is 467 g/mol. The van der Waals surface area contributed by atoms with E-state index >= 15 is 0 Å². The molecule has 0 atom stereocenters. The molecule has 182 valence electrons. The number of nitrogens with zero attached hydrogens (tertiary/aromatic N) is 5. The zero-order valence-corrected chi connectivity index (χ0v) is 20.0. The molecule has 7 rings (SSSR count). The zero-order chi connectivity index (χ0) is 25.1. The number of H-pyrrole nitrogens is 2. The highest BCUT2D eigenvalue weighted by Gasteiger charge is 2.25. The average molecular weight is 491 g/mol.